The van der Waals surface area contributed by atoms with E-state index in [1.165, 1.54) is 0 Å². The van der Waals surface area contributed by atoms with Gasteiger partial charge in [-0.3, -0.25) is 14.5 Å². The number of aryl methyl sites for hydroxylation is 1. The van der Waals surface area contributed by atoms with Crippen LogP contribution in [0.2, 0.25) is 0 Å². The summed E-state index contributed by atoms with van der Waals surface area (Å²) in [6.45, 7) is 6.61. The summed E-state index contributed by atoms with van der Waals surface area (Å²) in [4.78, 5) is 33.1. The molecule has 1 aliphatic heterocycles. The first-order valence-electron chi connectivity index (χ1n) is 10.6. The molecule has 156 valence electrons. The number of nitrogens with zero attached hydrogens (tertiary/aromatic N) is 3. The zero-order chi connectivity index (χ0) is 21.3. The van der Waals surface area contributed by atoms with Gasteiger partial charge in [-0.15, -0.1) is 0 Å². The molecule has 2 aromatic carbocycles. The molecule has 1 aromatic heterocycles. The van der Waals surface area contributed by atoms with Gasteiger partial charge in [-0.05, 0) is 38.0 Å². The van der Waals surface area contributed by atoms with E-state index in [9.17, 15) is 9.59 Å². The highest BCUT2D eigenvalue weighted by atomic mass is 16.5. The maximum atomic E-state index is 13.6. The Bertz CT molecular complexity index is 1090. The minimum atomic E-state index is -0.950. The van der Waals surface area contributed by atoms with Crippen LogP contribution in [-0.4, -0.2) is 34.6 Å². The Morgan fingerprint density at radius 1 is 1.13 bits per heavy atom. The highest BCUT2D eigenvalue weighted by Crippen LogP contribution is 2.41. The van der Waals surface area contributed by atoms with Crippen LogP contribution < -0.4 is 4.90 Å². The third-order valence-electron chi connectivity index (χ3n) is 5.60. The molecule has 0 bridgehead atoms. The standard InChI is InChI=1S/C24H27N3O3/c1-4-6-14-26-22(28)20(23(29)30-5-2)21(17-11-9-10-16(3)15-17)27-19-13-8-7-12-18(19)25-24(26)27/h7-13,15,20-21H,4-6,14H2,1-3H3/t20-,21-/m0/s1. The summed E-state index contributed by atoms with van der Waals surface area (Å²) in [6, 6.07) is 15.3. The van der Waals surface area contributed by atoms with Crippen molar-refractivity contribution in [2.75, 3.05) is 18.1 Å². The number of anilines is 1. The van der Waals surface area contributed by atoms with E-state index in [4.69, 9.17) is 9.72 Å². The van der Waals surface area contributed by atoms with Crippen LogP contribution in [0.15, 0.2) is 48.5 Å². The van der Waals surface area contributed by atoms with Crippen LogP contribution in [0, 0.1) is 12.8 Å². The van der Waals surface area contributed by atoms with Crippen molar-refractivity contribution in [1.82, 2.24) is 9.55 Å². The van der Waals surface area contributed by atoms with Crippen LogP contribution >= 0.6 is 0 Å². The molecule has 4 rings (SSSR count). The highest BCUT2D eigenvalue weighted by Gasteiger charge is 2.47. The Morgan fingerprint density at radius 2 is 1.93 bits per heavy atom. The number of hydrogen-bond donors (Lipinski definition) is 0. The normalized spacial score (nSPS) is 18.5. The van der Waals surface area contributed by atoms with E-state index in [0.717, 1.165) is 35.0 Å². The number of rotatable bonds is 6. The Hall–Kier alpha value is -3.15. The van der Waals surface area contributed by atoms with Gasteiger partial charge >= 0.3 is 5.97 Å². The summed E-state index contributed by atoms with van der Waals surface area (Å²) < 4.78 is 7.41. The van der Waals surface area contributed by atoms with Gasteiger partial charge in [-0.1, -0.05) is 55.3 Å². The maximum Gasteiger partial charge on any atom is 0.321 e. The summed E-state index contributed by atoms with van der Waals surface area (Å²) in [5, 5.41) is 0. The lowest BCUT2D eigenvalue weighted by atomic mass is 9.88. The van der Waals surface area contributed by atoms with E-state index in [-0.39, 0.29) is 12.5 Å². The van der Waals surface area contributed by atoms with Gasteiger partial charge in [0, 0.05) is 6.54 Å². The largest absolute Gasteiger partial charge is 0.465 e. The third-order valence-corrected chi connectivity index (χ3v) is 5.60. The third kappa shape index (κ3) is 3.36. The number of esters is 1. The van der Waals surface area contributed by atoms with Crippen LogP contribution in [-0.2, 0) is 14.3 Å². The molecule has 1 amide bonds. The minimum Gasteiger partial charge on any atom is -0.465 e. The van der Waals surface area contributed by atoms with E-state index < -0.39 is 17.9 Å². The molecule has 2 atom stereocenters. The molecule has 0 fully saturated rings. The van der Waals surface area contributed by atoms with E-state index in [1.54, 1.807) is 11.8 Å². The first kappa shape index (κ1) is 20.1. The average Bonchev–Trinajstić information content (AvgIpc) is 3.11. The number of para-hydroxylation sites is 2. The van der Waals surface area contributed by atoms with Crippen molar-refractivity contribution in [1.29, 1.82) is 0 Å². The fraction of sp³-hybridized carbons (Fsp3) is 0.375. The Balaban J connectivity index is 1.98. The lowest BCUT2D eigenvalue weighted by Crippen LogP contribution is -2.50. The highest BCUT2D eigenvalue weighted by molar-refractivity contribution is 6.08. The van der Waals surface area contributed by atoms with Crippen molar-refractivity contribution in [3.05, 3.63) is 59.7 Å². The lowest BCUT2D eigenvalue weighted by molar-refractivity contribution is -0.153. The smallest absolute Gasteiger partial charge is 0.321 e. The van der Waals surface area contributed by atoms with E-state index in [2.05, 4.69) is 6.92 Å². The molecule has 0 radical (unpaired) electrons. The van der Waals surface area contributed by atoms with Gasteiger partial charge in [-0.25, -0.2) is 4.98 Å². The fourth-order valence-electron chi connectivity index (χ4n) is 4.23. The zero-order valence-corrected chi connectivity index (χ0v) is 17.7. The molecule has 0 saturated carbocycles. The summed E-state index contributed by atoms with van der Waals surface area (Å²) in [7, 11) is 0. The minimum absolute atomic E-state index is 0.232. The predicted molar refractivity (Wildman–Crippen MR) is 116 cm³/mol. The van der Waals surface area contributed by atoms with Gasteiger partial charge in [0.15, 0.2) is 5.92 Å². The summed E-state index contributed by atoms with van der Waals surface area (Å²) in [5.74, 6) is -1.08. The molecular formula is C24H27N3O3. The molecular weight excluding hydrogens is 378 g/mol. The molecule has 6 nitrogen and oxygen atoms in total. The Morgan fingerprint density at radius 3 is 2.67 bits per heavy atom. The van der Waals surface area contributed by atoms with Crippen molar-refractivity contribution in [2.45, 2.75) is 39.7 Å². The number of hydrogen-bond acceptors (Lipinski definition) is 4. The first-order chi connectivity index (χ1) is 14.6. The topological polar surface area (TPSA) is 64.4 Å². The Kier molecular flexibility index (Phi) is 5.57. The maximum absolute atomic E-state index is 13.6. The number of aromatic nitrogens is 2. The second-order valence-corrected chi connectivity index (χ2v) is 7.70. The SMILES string of the molecule is CCCCN1C(=O)[C@@H](C(=O)OCC)[C@H](c2cccc(C)c2)n2c1nc1ccccc12. The number of fused-ring (bicyclic) bond motifs is 3. The van der Waals surface area contributed by atoms with Gasteiger partial charge in [0.25, 0.3) is 0 Å². The van der Waals surface area contributed by atoms with Crippen LogP contribution in [0.5, 0.6) is 0 Å². The van der Waals surface area contributed by atoms with Crippen molar-refractivity contribution in [3.63, 3.8) is 0 Å². The van der Waals surface area contributed by atoms with Crippen LogP contribution in [0.4, 0.5) is 5.95 Å². The molecule has 0 spiro atoms. The molecule has 0 N–H and O–H groups in total. The molecule has 2 heterocycles. The van der Waals surface area contributed by atoms with Gasteiger partial charge in [0.2, 0.25) is 11.9 Å². The number of carbonyl (C=O) groups is 2. The predicted octanol–water partition coefficient (Wildman–Crippen LogP) is 4.26. The quantitative estimate of drug-likeness (QED) is 0.454. The van der Waals surface area contributed by atoms with Gasteiger partial charge < -0.3 is 9.30 Å². The van der Waals surface area contributed by atoms with Crippen molar-refractivity contribution in [3.8, 4) is 0 Å². The van der Waals surface area contributed by atoms with Crippen LogP contribution in [0.3, 0.4) is 0 Å². The molecule has 1 aliphatic rings. The number of ether oxygens (including phenoxy) is 1. The summed E-state index contributed by atoms with van der Waals surface area (Å²) in [5.41, 5.74) is 3.69. The number of unbranched alkanes of at least 4 members (excludes halogenated alkanes) is 1. The fourth-order valence-corrected chi connectivity index (χ4v) is 4.23. The zero-order valence-electron chi connectivity index (χ0n) is 17.7. The molecule has 0 unspecified atom stereocenters. The number of carbonyl (C=O) groups excluding carboxylic acids is 2. The second kappa shape index (κ2) is 8.30. The number of benzene rings is 2. The number of amides is 1. The van der Waals surface area contributed by atoms with Crippen LogP contribution in [0.25, 0.3) is 11.0 Å². The van der Waals surface area contributed by atoms with Crippen molar-refractivity contribution < 1.29 is 14.3 Å². The molecule has 30 heavy (non-hydrogen) atoms. The molecule has 3 aromatic rings. The first-order valence-corrected chi connectivity index (χ1v) is 10.6. The monoisotopic (exact) mass is 405 g/mol. The molecule has 0 aliphatic carbocycles. The number of imidazole rings is 1. The summed E-state index contributed by atoms with van der Waals surface area (Å²) in [6.07, 6.45) is 1.77. The van der Waals surface area contributed by atoms with Crippen molar-refractivity contribution in [2.24, 2.45) is 5.92 Å². The van der Waals surface area contributed by atoms with Gasteiger partial charge in [0.05, 0.1) is 23.7 Å². The average molecular weight is 405 g/mol. The van der Waals surface area contributed by atoms with E-state index in [0.29, 0.717) is 12.5 Å². The van der Waals surface area contributed by atoms with Gasteiger partial charge in [0.1, 0.15) is 0 Å². The lowest BCUT2D eigenvalue weighted by Gasteiger charge is -2.38. The Labute approximate surface area is 176 Å². The summed E-state index contributed by atoms with van der Waals surface area (Å²) >= 11 is 0. The van der Waals surface area contributed by atoms with Gasteiger partial charge in [-0.2, -0.15) is 0 Å². The van der Waals surface area contributed by atoms with E-state index >= 15 is 0 Å². The van der Waals surface area contributed by atoms with Crippen LogP contribution in [0.1, 0.15) is 43.9 Å². The molecule has 6 heteroatoms. The van der Waals surface area contributed by atoms with Crippen molar-refractivity contribution >= 4 is 28.9 Å². The van der Waals surface area contributed by atoms with E-state index in [1.807, 2.05) is 60.0 Å². The second-order valence-electron chi connectivity index (χ2n) is 7.70. The molecule has 0 saturated heterocycles.